The quantitative estimate of drug-likeness (QED) is 0.741. The maximum absolute atomic E-state index is 7.05. The normalized spacial score (nSPS) is 11.3. The second-order valence-corrected chi connectivity index (χ2v) is 5.25. The molecule has 0 bridgehead atoms. The number of hydrogen-bond acceptors (Lipinski definition) is 2. The van der Waals surface area contributed by atoms with Crippen molar-refractivity contribution in [2.75, 3.05) is 7.11 Å². The number of nitrogens with zero attached hydrogens (tertiary/aromatic N) is 1. The van der Waals surface area contributed by atoms with E-state index in [-0.39, 0.29) is 0 Å². The van der Waals surface area contributed by atoms with E-state index in [1.54, 1.807) is 13.3 Å². The van der Waals surface area contributed by atoms with E-state index in [0.29, 0.717) is 11.7 Å². The van der Waals surface area contributed by atoms with Crippen LogP contribution in [0.5, 0.6) is 6.01 Å². The van der Waals surface area contributed by atoms with E-state index < -0.39 is 4.87 Å². The van der Waals surface area contributed by atoms with Gasteiger partial charge >= 0.3 is 0 Å². The minimum absolute atomic E-state index is 0.446. The van der Waals surface area contributed by atoms with E-state index in [9.17, 15) is 0 Å². The molecule has 2 aromatic carbocycles. The Labute approximate surface area is 128 Å². The Bertz CT molecular complexity index is 670. The van der Waals surface area contributed by atoms with Crippen LogP contribution in [0.4, 0.5) is 0 Å². The lowest BCUT2D eigenvalue weighted by atomic mass is 9.88. The van der Waals surface area contributed by atoms with Crippen LogP contribution in [0.15, 0.2) is 66.9 Å². The molecule has 4 heteroatoms. The van der Waals surface area contributed by atoms with Crippen molar-refractivity contribution in [1.82, 2.24) is 9.97 Å². The highest BCUT2D eigenvalue weighted by Gasteiger charge is 2.36. The summed E-state index contributed by atoms with van der Waals surface area (Å²) in [6.45, 7) is 0. The van der Waals surface area contributed by atoms with Gasteiger partial charge < -0.3 is 9.72 Å². The molecule has 0 unspecified atom stereocenters. The first-order chi connectivity index (χ1) is 10.2. The Kier molecular flexibility index (Phi) is 3.67. The van der Waals surface area contributed by atoms with E-state index in [0.717, 1.165) is 11.1 Å². The lowest BCUT2D eigenvalue weighted by Crippen LogP contribution is -2.22. The van der Waals surface area contributed by atoms with Gasteiger partial charge in [-0.05, 0) is 11.1 Å². The number of methoxy groups -OCH3 is 1. The fourth-order valence-corrected chi connectivity index (χ4v) is 2.73. The maximum Gasteiger partial charge on any atom is 0.293 e. The standard InChI is InChI=1S/C17H15ClN2O/c1-21-16-19-12-15(20-16)17(18,13-8-4-2-5-9-13)14-10-6-3-7-11-14/h2-12H,1H3,(H,19,20). The van der Waals surface area contributed by atoms with Gasteiger partial charge in [-0.1, -0.05) is 60.7 Å². The molecule has 106 valence electrons. The van der Waals surface area contributed by atoms with Crippen LogP contribution in [-0.2, 0) is 4.87 Å². The molecule has 0 atom stereocenters. The molecule has 21 heavy (non-hydrogen) atoms. The van der Waals surface area contributed by atoms with Gasteiger partial charge in [0, 0.05) is 6.20 Å². The number of ether oxygens (including phenoxy) is 1. The van der Waals surface area contributed by atoms with E-state index in [1.807, 2.05) is 60.7 Å². The number of imidazole rings is 1. The third-order valence-electron chi connectivity index (χ3n) is 3.44. The first kappa shape index (κ1) is 13.7. The van der Waals surface area contributed by atoms with Gasteiger partial charge in [0.25, 0.3) is 6.01 Å². The number of hydrogen-bond donors (Lipinski definition) is 1. The van der Waals surface area contributed by atoms with Crippen LogP contribution >= 0.6 is 11.6 Å². The van der Waals surface area contributed by atoms with Crippen LogP contribution in [0, 0.1) is 0 Å². The van der Waals surface area contributed by atoms with Crippen molar-refractivity contribution in [3.8, 4) is 6.01 Å². The van der Waals surface area contributed by atoms with Gasteiger partial charge in [0.15, 0.2) is 0 Å². The molecule has 0 saturated heterocycles. The van der Waals surface area contributed by atoms with E-state index in [4.69, 9.17) is 16.3 Å². The fraction of sp³-hybridized carbons (Fsp3) is 0.118. The molecule has 0 aliphatic heterocycles. The van der Waals surface area contributed by atoms with Crippen molar-refractivity contribution >= 4 is 11.6 Å². The second kappa shape index (κ2) is 5.62. The number of nitrogens with one attached hydrogen (secondary N) is 1. The van der Waals surface area contributed by atoms with Gasteiger partial charge in [-0.2, -0.15) is 4.98 Å². The SMILES string of the molecule is COc1nc(C(Cl)(c2ccccc2)c2ccccc2)c[nH]1. The molecule has 1 heterocycles. The highest BCUT2D eigenvalue weighted by Crippen LogP contribution is 2.42. The Morgan fingerprint density at radius 2 is 1.48 bits per heavy atom. The lowest BCUT2D eigenvalue weighted by Gasteiger charge is -2.26. The third-order valence-corrected chi connectivity index (χ3v) is 4.07. The van der Waals surface area contributed by atoms with Crippen LogP contribution < -0.4 is 4.74 Å². The predicted molar refractivity (Wildman–Crippen MR) is 83.8 cm³/mol. The van der Waals surface area contributed by atoms with Crippen LogP contribution in [0.25, 0.3) is 0 Å². The zero-order chi connectivity index (χ0) is 14.7. The molecular weight excluding hydrogens is 284 g/mol. The minimum Gasteiger partial charge on any atom is -0.468 e. The molecule has 0 amide bonds. The van der Waals surface area contributed by atoms with Crippen LogP contribution in [0.3, 0.4) is 0 Å². The fourth-order valence-electron chi connectivity index (χ4n) is 2.38. The lowest BCUT2D eigenvalue weighted by molar-refractivity contribution is 0.383. The van der Waals surface area contributed by atoms with Crippen LogP contribution in [-0.4, -0.2) is 17.1 Å². The Hall–Kier alpha value is -2.26. The molecule has 3 rings (SSSR count). The van der Waals surface area contributed by atoms with Crippen molar-refractivity contribution in [3.05, 3.63) is 83.7 Å². The number of aromatic amines is 1. The average Bonchev–Trinajstić information content (AvgIpc) is 3.05. The van der Waals surface area contributed by atoms with Gasteiger partial charge in [-0.25, -0.2) is 0 Å². The first-order valence-corrected chi connectivity index (χ1v) is 7.03. The molecule has 0 radical (unpaired) electrons. The third kappa shape index (κ3) is 2.41. The Morgan fingerprint density at radius 3 is 1.90 bits per heavy atom. The number of aromatic nitrogens is 2. The van der Waals surface area contributed by atoms with Crippen molar-refractivity contribution in [1.29, 1.82) is 0 Å². The molecule has 3 nitrogen and oxygen atoms in total. The molecule has 1 aromatic heterocycles. The summed E-state index contributed by atoms with van der Waals surface area (Å²) in [5.41, 5.74) is 2.64. The molecule has 1 N–H and O–H groups in total. The number of alkyl halides is 1. The number of H-pyrrole nitrogens is 1. The van der Waals surface area contributed by atoms with Crippen molar-refractivity contribution in [2.24, 2.45) is 0 Å². The molecule has 0 fully saturated rings. The van der Waals surface area contributed by atoms with E-state index in [2.05, 4.69) is 9.97 Å². The zero-order valence-corrected chi connectivity index (χ0v) is 12.3. The van der Waals surface area contributed by atoms with Gasteiger partial charge in [-0.15, -0.1) is 11.6 Å². The molecule has 0 aliphatic rings. The molecular formula is C17H15ClN2O. The van der Waals surface area contributed by atoms with Crippen molar-refractivity contribution < 1.29 is 4.74 Å². The van der Waals surface area contributed by atoms with E-state index in [1.165, 1.54) is 0 Å². The minimum atomic E-state index is -0.851. The molecule has 3 aromatic rings. The summed E-state index contributed by atoms with van der Waals surface area (Å²) in [7, 11) is 1.57. The summed E-state index contributed by atoms with van der Waals surface area (Å²) in [6.07, 6.45) is 1.78. The summed E-state index contributed by atoms with van der Waals surface area (Å²) >= 11 is 7.05. The van der Waals surface area contributed by atoms with Gasteiger partial charge in [0.1, 0.15) is 4.87 Å². The summed E-state index contributed by atoms with van der Waals surface area (Å²) in [4.78, 5) is 6.58. The van der Waals surface area contributed by atoms with Crippen molar-refractivity contribution in [3.63, 3.8) is 0 Å². The maximum atomic E-state index is 7.05. The molecule has 0 saturated carbocycles. The van der Waals surface area contributed by atoms with Crippen LogP contribution in [0.1, 0.15) is 16.8 Å². The average molecular weight is 299 g/mol. The summed E-state index contributed by atoms with van der Waals surface area (Å²) < 4.78 is 5.14. The predicted octanol–water partition coefficient (Wildman–Crippen LogP) is 3.95. The van der Waals surface area contributed by atoms with Crippen molar-refractivity contribution in [2.45, 2.75) is 4.87 Å². The van der Waals surface area contributed by atoms with Crippen LogP contribution in [0.2, 0.25) is 0 Å². The van der Waals surface area contributed by atoms with Gasteiger partial charge in [0.05, 0.1) is 12.8 Å². The van der Waals surface area contributed by atoms with Gasteiger partial charge in [-0.3, -0.25) is 0 Å². The highest BCUT2D eigenvalue weighted by molar-refractivity contribution is 6.28. The molecule has 0 aliphatic carbocycles. The Balaban J connectivity index is 2.20. The zero-order valence-electron chi connectivity index (χ0n) is 11.6. The smallest absolute Gasteiger partial charge is 0.293 e. The number of rotatable bonds is 4. The number of halogens is 1. The summed E-state index contributed by atoms with van der Waals surface area (Å²) in [6, 6.07) is 20.3. The van der Waals surface area contributed by atoms with E-state index >= 15 is 0 Å². The summed E-state index contributed by atoms with van der Waals surface area (Å²) in [5.74, 6) is 0. The first-order valence-electron chi connectivity index (χ1n) is 6.65. The monoisotopic (exact) mass is 298 g/mol. The Morgan fingerprint density at radius 1 is 0.952 bits per heavy atom. The van der Waals surface area contributed by atoms with Gasteiger partial charge in [0.2, 0.25) is 0 Å². The largest absolute Gasteiger partial charge is 0.468 e. The summed E-state index contributed by atoms with van der Waals surface area (Å²) in [5, 5.41) is 0. The topological polar surface area (TPSA) is 37.9 Å². The molecule has 0 spiro atoms. The second-order valence-electron chi connectivity index (χ2n) is 4.69. The number of benzene rings is 2. The highest BCUT2D eigenvalue weighted by atomic mass is 35.5.